The van der Waals surface area contributed by atoms with Crippen molar-refractivity contribution >= 4 is 10.9 Å². The molecule has 63 valence electrons. The first-order valence-corrected chi connectivity index (χ1v) is 6.26. The summed E-state index contributed by atoms with van der Waals surface area (Å²) in [5, 5.41) is 0. The molecule has 0 aliphatic rings. The van der Waals surface area contributed by atoms with E-state index in [4.69, 9.17) is 0 Å². The van der Waals surface area contributed by atoms with Crippen LogP contribution in [-0.2, 0) is 0 Å². The zero-order valence-corrected chi connectivity index (χ0v) is 8.29. The Hall–Kier alpha value is 0.350. The van der Waals surface area contributed by atoms with Crippen LogP contribution in [-0.4, -0.2) is 11.5 Å². The highest BCUT2D eigenvalue weighted by atomic mass is 32.2. The monoisotopic (exact) mass is 161 g/mol. The van der Waals surface area contributed by atoms with Gasteiger partial charge in [0.1, 0.15) is 0 Å². The Balaban J connectivity index is 3.00. The minimum absolute atomic E-state index is 0.158. The Morgan fingerprint density at radius 1 is 1.00 bits per heavy atom. The van der Waals surface area contributed by atoms with Crippen LogP contribution in [0.25, 0.3) is 0 Å². The van der Waals surface area contributed by atoms with Gasteiger partial charge in [-0.15, -0.1) is 0 Å². The van der Waals surface area contributed by atoms with Gasteiger partial charge in [0.05, 0.1) is 0 Å². The van der Waals surface area contributed by atoms with Gasteiger partial charge in [-0.25, -0.2) is 0 Å². The van der Waals surface area contributed by atoms with Crippen molar-refractivity contribution in [1.82, 2.24) is 0 Å². The van der Waals surface area contributed by atoms with E-state index in [-0.39, 0.29) is 10.9 Å². The lowest BCUT2D eigenvalue weighted by atomic mass is 10.4. The number of rotatable bonds is 6. The van der Waals surface area contributed by atoms with Crippen LogP contribution in [0, 0.1) is 6.26 Å². The zero-order valence-electron chi connectivity index (χ0n) is 7.40. The van der Waals surface area contributed by atoms with Gasteiger partial charge in [-0.2, -0.15) is 0 Å². The van der Waals surface area contributed by atoms with E-state index in [0.717, 1.165) is 0 Å². The quantitative estimate of drug-likeness (QED) is 0.567. The highest BCUT2D eigenvalue weighted by Gasteiger charge is 1.94. The molecule has 0 saturated heterocycles. The largest absolute Gasteiger partial charge is 0.253 e. The summed E-state index contributed by atoms with van der Waals surface area (Å²) in [5.74, 6) is 2.79. The summed E-state index contributed by atoms with van der Waals surface area (Å²) in [6.07, 6.45) is 9.62. The Morgan fingerprint density at radius 3 is 1.70 bits per heavy atom. The molecule has 0 heterocycles. The first-order valence-electron chi connectivity index (χ1n) is 4.36. The van der Waals surface area contributed by atoms with Crippen LogP contribution in [0.5, 0.6) is 0 Å². The lowest BCUT2D eigenvalue weighted by Gasteiger charge is -2.13. The van der Waals surface area contributed by atoms with Crippen molar-refractivity contribution in [3.63, 3.8) is 0 Å². The van der Waals surface area contributed by atoms with Crippen LogP contribution in [0.2, 0.25) is 0 Å². The molecule has 0 unspecified atom stereocenters. The van der Waals surface area contributed by atoms with Crippen molar-refractivity contribution in [2.24, 2.45) is 0 Å². The standard InChI is InChI=1S/C9H21S/c1-4-6-8-10(3)9-7-5-2/h10H,3-9H2,1-2H3. The van der Waals surface area contributed by atoms with Crippen molar-refractivity contribution in [3.05, 3.63) is 6.26 Å². The first kappa shape index (κ1) is 10.3. The topological polar surface area (TPSA) is 0 Å². The summed E-state index contributed by atoms with van der Waals surface area (Å²) in [4.78, 5) is 0. The molecule has 0 saturated carbocycles. The predicted molar refractivity (Wildman–Crippen MR) is 53.9 cm³/mol. The van der Waals surface area contributed by atoms with Crippen molar-refractivity contribution < 1.29 is 0 Å². The van der Waals surface area contributed by atoms with Crippen LogP contribution in [0.15, 0.2) is 0 Å². The van der Waals surface area contributed by atoms with Gasteiger partial charge in [0, 0.05) is 0 Å². The van der Waals surface area contributed by atoms with E-state index in [0.29, 0.717) is 0 Å². The van der Waals surface area contributed by atoms with Crippen LogP contribution in [0.3, 0.4) is 0 Å². The highest BCUT2D eigenvalue weighted by molar-refractivity contribution is 8.18. The second-order valence-corrected chi connectivity index (χ2v) is 5.06. The lowest BCUT2D eigenvalue weighted by Crippen LogP contribution is -1.90. The van der Waals surface area contributed by atoms with E-state index in [9.17, 15) is 0 Å². The predicted octanol–water partition coefficient (Wildman–Crippen LogP) is 3.38. The van der Waals surface area contributed by atoms with Crippen molar-refractivity contribution in [2.45, 2.75) is 39.5 Å². The number of hydrogen-bond donors (Lipinski definition) is 1. The van der Waals surface area contributed by atoms with E-state index in [1.165, 1.54) is 37.2 Å². The molecule has 0 aromatic carbocycles. The maximum Gasteiger partial charge on any atom is -0.0178 e. The van der Waals surface area contributed by atoms with Gasteiger partial charge in [-0.05, 0) is 30.6 Å². The molecule has 0 spiro atoms. The molecule has 0 bridgehead atoms. The average Bonchev–Trinajstić information content (AvgIpc) is 1.97. The van der Waals surface area contributed by atoms with Crippen molar-refractivity contribution in [1.29, 1.82) is 0 Å². The molecule has 0 rings (SSSR count). The van der Waals surface area contributed by atoms with E-state index < -0.39 is 0 Å². The fourth-order valence-corrected chi connectivity index (χ4v) is 2.63. The fourth-order valence-electron chi connectivity index (χ4n) is 0.875. The SMILES string of the molecule is [CH2][SH](CCCC)CCCC. The molecule has 0 amide bonds. The van der Waals surface area contributed by atoms with E-state index in [1.54, 1.807) is 0 Å². The Bertz CT molecular complexity index is 53.7. The second kappa shape index (κ2) is 7.46. The maximum atomic E-state index is 4.18. The van der Waals surface area contributed by atoms with Crippen LogP contribution < -0.4 is 0 Å². The van der Waals surface area contributed by atoms with Gasteiger partial charge >= 0.3 is 0 Å². The van der Waals surface area contributed by atoms with Gasteiger partial charge in [0.15, 0.2) is 0 Å². The lowest BCUT2D eigenvalue weighted by molar-refractivity contribution is 0.876. The molecule has 0 aliphatic heterocycles. The molecule has 0 N–H and O–H groups in total. The van der Waals surface area contributed by atoms with Gasteiger partial charge in [0.2, 0.25) is 0 Å². The molecule has 0 atom stereocenters. The summed E-state index contributed by atoms with van der Waals surface area (Å²) in [6, 6.07) is 0. The average molecular weight is 161 g/mol. The molecule has 1 heteroatoms. The Morgan fingerprint density at radius 2 is 1.40 bits per heavy atom. The molecular formula is C9H21S. The van der Waals surface area contributed by atoms with Gasteiger partial charge < -0.3 is 0 Å². The molecule has 0 aromatic rings. The van der Waals surface area contributed by atoms with Crippen LogP contribution >= 0.6 is 10.9 Å². The molecular weight excluding hydrogens is 140 g/mol. The summed E-state index contributed by atoms with van der Waals surface area (Å²) >= 11 is 0. The minimum Gasteiger partial charge on any atom is -0.253 e. The third kappa shape index (κ3) is 6.47. The molecule has 0 aliphatic carbocycles. The number of hydrogen-bond acceptors (Lipinski definition) is 0. The normalized spacial score (nSPS) is 11.7. The van der Waals surface area contributed by atoms with E-state index >= 15 is 0 Å². The summed E-state index contributed by atoms with van der Waals surface area (Å²) < 4.78 is 0. The van der Waals surface area contributed by atoms with Gasteiger partial charge in [-0.3, -0.25) is 10.9 Å². The molecule has 0 nitrogen and oxygen atoms in total. The number of thiol groups is 1. The van der Waals surface area contributed by atoms with E-state index in [2.05, 4.69) is 20.1 Å². The first-order chi connectivity index (χ1) is 4.81. The zero-order chi connectivity index (χ0) is 7.82. The third-order valence-corrected chi connectivity index (χ3v) is 3.55. The smallest absolute Gasteiger partial charge is 0.0178 e. The molecule has 0 fully saturated rings. The number of unbranched alkanes of at least 4 members (excludes halogenated alkanes) is 2. The second-order valence-electron chi connectivity index (χ2n) is 2.83. The van der Waals surface area contributed by atoms with Gasteiger partial charge in [0.25, 0.3) is 0 Å². The summed E-state index contributed by atoms with van der Waals surface area (Å²) in [5.41, 5.74) is 0. The maximum absolute atomic E-state index is 4.18. The van der Waals surface area contributed by atoms with Gasteiger partial charge in [-0.1, -0.05) is 26.7 Å². The van der Waals surface area contributed by atoms with Crippen LogP contribution in [0.1, 0.15) is 39.5 Å². The highest BCUT2D eigenvalue weighted by Crippen LogP contribution is 2.25. The Kier molecular flexibility index (Phi) is 7.72. The van der Waals surface area contributed by atoms with Crippen molar-refractivity contribution in [3.8, 4) is 0 Å². The minimum atomic E-state index is 0.158. The summed E-state index contributed by atoms with van der Waals surface area (Å²) in [7, 11) is 0.158. The molecule has 10 heavy (non-hydrogen) atoms. The molecule has 0 aromatic heterocycles. The van der Waals surface area contributed by atoms with Crippen molar-refractivity contribution in [2.75, 3.05) is 11.5 Å². The Labute approximate surface area is 68.7 Å². The summed E-state index contributed by atoms with van der Waals surface area (Å²) in [6.45, 7) is 4.51. The molecule has 1 radical (unpaired) electrons. The van der Waals surface area contributed by atoms with Crippen LogP contribution in [0.4, 0.5) is 0 Å². The van der Waals surface area contributed by atoms with E-state index in [1.807, 2.05) is 0 Å². The fraction of sp³-hybridized carbons (Fsp3) is 0.889. The third-order valence-electron chi connectivity index (χ3n) is 1.66.